The van der Waals surface area contributed by atoms with Gasteiger partial charge in [-0.05, 0) is 83.1 Å². The summed E-state index contributed by atoms with van der Waals surface area (Å²) in [5, 5.41) is 0. The minimum Gasteiger partial charge on any atom is -0.459 e. The van der Waals surface area contributed by atoms with E-state index >= 15 is 0 Å². The predicted molar refractivity (Wildman–Crippen MR) is 198 cm³/mol. The number of amides is 1. The van der Waals surface area contributed by atoms with Crippen LogP contribution in [0.4, 0.5) is 0 Å². The Labute approximate surface area is 312 Å². The molecule has 1 aliphatic heterocycles. The van der Waals surface area contributed by atoms with Gasteiger partial charge in [0.05, 0.1) is 32.8 Å². The summed E-state index contributed by atoms with van der Waals surface area (Å²) >= 11 is 0. The van der Waals surface area contributed by atoms with Crippen molar-refractivity contribution in [2.45, 2.75) is 105 Å². The Morgan fingerprint density at radius 3 is 1.00 bits per heavy atom. The highest BCUT2D eigenvalue weighted by molar-refractivity contribution is 5.83. The molecule has 0 aliphatic carbocycles. The van der Waals surface area contributed by atoms with E-state index in [0.29, 0.717) is 52.4 Å². The molecule has 0 aromatic heterocycles. The minimum atomic E-state index is -0.707. The van der Waals surface area contributed by atoms with Gasteiger partial charge < -0.3 is 28.6 Å². The maximum Gasteiger partial charge on any atom is 0.326 e. The fourth-order valence-electron chi connectivity index (χ4n) is 5.19. The third kappa shape index (κ3) is 23.7. The van der Waals surface area contributed by atoms with Crippen LogP contribution in [0.25, 0.3) is 0 Å². The van der Waals surface area contributed by atoms with Crippen molar-refractivity contribution < 1.29 is 47.7 Å². The quantitative estimate of drug-likeness (QED) is 0.200. The van der Waals surface area contributed by atoms with E-state index < -0.39 is 28.4 Å². The Kier molecular flexibility index (Phi) is 19.2. The molecule has 1 fully saturated rings. The average molecular weight is 744 g/mol. The highest BCUT2D eigenvalue weighted by atomic mass is 16.6. The number of nitrogens with zero attached hydrogens (tertiary/aromatic N) is 5. The molecule has 1 amide bonds. The van der Waals surface area contributed by atoms with Gasteiger partial charge in [-0.25, -0.2) is 0 Å². The molecule has 0 aromatic carbocycles. The van der Waals surface area contributed by atoms with Gasteiger partial charge in [0, 0.05) is 66.0 Å². The maximum atomic E-state index is 13.8. The van der Waals surface area contributed by atoms with Gasteiger partial charge >= 0.3 is 23.9 Å². The van der Waals surface area contributed by atoms with Gasteiger partial charge in [0.1, 0.15) is 28.9 Å². The zero-order chi connectivity index (χ0) is 39.9. The van der Waals surface area contributed by atoms with Gasteiger partial charge in [0.15, 0.2) is 0 Å². The molecule has 0 unspecified atom stereocenters. The lowest BCUT2D eigenvalue weighted by Crippen LogP contribution is -2.51. The number of hydrogen-bond acceptors (Lipinski definition) is 14. The summed E-state index contributed by atoms with van der Waals surface area (Å²) in [4.78, 5) is 74.6. The molecule has 1 saturated heterocycles. The summed E-state index contributed by atoms with van der Waals surface area (Å²) in [5.41, 5.74) is -2.69. The zero-order valence-corrected chi connectivity index (χ0v) is 34.4. The van der Waals surface area contributed by atoms with Crippen molar-refractivity contribution in [2.75, 3.05) is 105 Å². The van der Waals surface area contributed by atoms with Crippen LogP contribution in [0.3, 0.4) is 0 Å². The number of methoxy groups -OCH3 is 1. The van der Waals surface area contributed by atoms with Crippen LogP contribution in [0.2, 0.25) is 0 Å². The van der Waals surface area contributed by atoms with E-state index in [-0.39, 0.29) is 69.7 Å². The topological polar surface area (TPSA) is 148 Å². The van der Waals surface area contributed by atoms with E-state index in [1.165, 1.54) is 12.0 Å². The van der Waals surface area contributed by atoms with Crippen LogP contribution >= 0.6 is 0 Å². The first-order valence-corrected chi connectivity index (χ1v) is 18.3. The summed E-state index contributed by atoms with van der Waals surface area (Å²) in [5.74, 6) is -1.93. The lowest BCUT2D eigenvalue weighted by atomic mass is 10.2. The average Bonchev–Trinajstić information content (AvgIpc) is 2.92. The molecular formula is C37H69N5O10. The Morgan fingerprint density at radius 1 is 0.462 bits per heavy atom. The number of carbonyl (C=O) groups excluding carboxylic acids is 5. The van der Waals surface area contributed by atoms with Gasteiger partial charge in [-0.3, -0.25) is 43.6 Å². The Hall–Kier alpha value is -2.85. The first-order valence-electron chi connectivity index (χ1n) is 18.3. The number of ether oxygens (including phenoxy) is 5. The molecular weight excluding hydrogens is 674 g/mol. The summed E-state index contributed by atoms with van der Waals surface area (Å²) < 4.78 is 27.6. The minimum absolute atomic E-state index is 0.0160. The van der Waals surface area contributed by atoms with Crippen LogP contribution in [-0.4, -0.2) is 182 Å². The van der Waals surface area contributed by atoms with E-state index in [4.69, 9.17) is 23.7 Å². The molecule has 302 valence electrons. The van der Waals surface area contributed by atoms with Crippen molar-refractivity contribution >= 4 is 29.8 Å². The van der Waals surface area contributed by atoms with Crippen LogP contribution in [0.5, 0.6) is 0 Å². The highest BCUT2D eigenvalue weighted by Crippen LogP contribution is 2.12. The van der Waals surface area contributed by atoms with Crippen molar-refractivity contribution in [2.24, 2.45) is 0 Å². The Bertz CT molecular complexity index is 1110. The van der Waals surface area contributed by atoms with Crippen molar-refractivity contribution in [3.8, 4) is 0 Å². The first kappa shape index (κ1) is 47.2. The van der Waals surface area contributed by atoms with Crippen LogP contribution in [0.1, 0.15) is 83.1 Å². The SMILES string of the molecule is COCCN(CC(=O)OC(C)(C)C)C(=O)CN1CCN(CC(=O)OC(C)(C)C)CCN(CC(=O)OC(C)(C)C)CCN(CC(=O)OC(C)(C)C)CC1. The molecule has 15 heteroatoms. The van der Waals surface area contributed by atoms with Crippen LogP contribution in [0.15, 0.2) is 0 Å². The summed E-state index contributed by atoms with van der Waals surface area (Å²) in [7, 11) is 1.53. The number of esters is 4. The normalized spacial score (nSPS) is 17.0. The van der Waals surface area contributed by atoms with E-state index in [1.807, 2.05) is 81.9 Å². The van der Waals surface area contributed by atoms with Crippen LogP contribution in [0, 0.1) is 0 Å². The van der Waals surface area contributed by atoms with Crippen molar-refractivity contribution in [3.63, 3.8) is 0 Å². The second-order valence-electron chi connectivity index (χ2n) is 17.3. The monoisotopic (exact) mass is 744 g/mol. The summed E-state index contributed by atoms with van der Waals surface area (Å²) in [6.45, 7) is 25.2. The second-order valence-corrected chi connectivity index (χ2v) is 17.3. The molecule has 1 heterocycles. The van der Waals surface area contributed by atoms with Gasteiger partial charge in [0.2, 0.25) is 5.91 Å². The maximum absolute atomic E-state index is 13.8. The third-order valence-corrected chi connectivity index (χ3v) is 7.26. The fourth-order valence-corrected chi connectivity index (χ4v) is 5.19. The summed E-state index contributed by atoms with van der Waals surface area (Å²) in [6.07, 6.45) is 0. The van der Waals surface area contributed by atoms with Crippen LogP contribution in [-0.2, 0) is 47.7 Å². The number of hydrogen-bond donors (Lipinski definition) is 0. The van der Waals surface area contributed by atoms with E-state index in [1.54, 1.807) is 20.8 Å². The molecule has 0 radical (unpaired) electrons. The van der Waals surface area contributed by atoms with Gasteiger partial charge in [0.25, 0.3) is 0 Å². The van der Waals surface area contributed by atoms with E-state index in [0.717, 1.165) is 0 Å². The molecule has 0 N–H and O–H groups in total. The van der Waals surface area contributed by atoms with Crippen molar-refractivity contribution in [1.29, 1.82) is 0 Å². The first-order chi connectivity index (χ1) is 23.7. The molecule has 0 spiro atoms. The van der Waals surface area contributed by atoms with Gasteiger partial charge in [-0.2, -0.15) is 0 Å². The van der Waals surface area contributed by atoms with Crippen molar-refractivity contribution in [3.05, 3.63) is 0 Å². The largest absolute Gasteiger partial charge is 0.459 e. The number of rotatable bonds is 13. The fraction of sp³-hybridized carbons (Fsp3) is 0.865. The predicted octanol–water partition coefficient (Wildman–Crippen LogP) is 2.05. The molecule has 0 saturated carbocycles. The molecule has 1 aliphatic rings. The molecule has 15 nitrogen and oxygen atoms in total. The smallest absolute Gasteiger partial charge is 0.326 e. The van der Waals surface area contributed by atoms with E-state index in [9.17, 15) is 24.0 Å². The zero-order valence-electron chi connectivity index (χ0n) is 34.4. The Morgan fingerprint density at radius 2 is 0.731 bits per heavy atom. The van der Waals surface area contributed by atoms with Crippen LogP contribution < -0.4 is 0 Å². The molecule has 1 rings (SSSR count). The second kappa shape index (κ2) is 21.1. The lowest BCUT2D eigenvalue weighted by molar-refractivity contribution is -0.159. The van der Waals surface area contributed by atoms with Gasteiger partial charge in [-0.15, -0.1) is 0 Å². The lowest BCUT2D eigenvalue weighted by Gasteiger charge is -2.35. The molecule has 0 bridgehead atoms. The highest BCUT2D eigenvalue weighted by Gasteiger charge is 2.28. The Balaban J connectivity index is 3.38. The standard InChI is InChI=1S/C37H69N5O10/c1-34(2,3)49-30(44)25-39-16-14-38(24-29(43)42(22-23-48-13)28-33(47)52-37(10,11)12)15-17-40(26-31(45)50-35(4,5)6)19-21-41(20-18-39)27-32(46)51-36(7,8)9/h14-28H2,1-13H3. The van der Waals surface area contributed by atoms with Gasteiger partial charge in [-0.1, -0.05) is 0 Å². The molecule has 52 heavy (non-hydrogen) atoms. The van der Waals surface area contributed by atoms with E-state index in [2.05, 4.69) is 0 Å². The molecule has 0 atom stereocenters. The molecule has 0 aromatic rings. The third-order valence-electron chi connectivity index (χ3n) is 7.26. The number of carbonyl (C=O) groups is 5. The van der Waals surface area contributed by atoms with Crippen molar-refractivity contribution in [1.82, 2.24) is 24.5 Å². The summed E-state index contributed by atoms with van der Waals surface area (Å²) in [6, 6.07) is 0.